The van der Waals surface area contributed by atoms with Crippen molar-refractivity contribution in [2.45, 2.75) is 51.2 Å². The Labute approximate surface area is 242 Å². The smallest absolute Gasteiger partial charge is 0.328 e. The van der Waals surface area contributed by atoms with Crippen LogP contribution < -0.4 is 14.8 Å². The van der Waals surface area contributed by atoms with Gasteiger partial charge in [-0.2, -0.15) is 0 Å². The van der Waals surface area contributed by atoms with Gasteiger partial charge in [0.05, 0.1) is 18.4 Å². The van der Waals surface area contributed by atoms with Gasteiger partial charge >= 0.3 is 11.9 Å². The highest BCUT2D eigenvalue weighted by Crippen LogP contribution is 2.51. The summed E-state index contributed by atoms with van der Waals surface area (Å²) in [6, 6.07) is 12.2. The van der Waals surface area contributed by atoms with Gasteiger partial charge in [0.15, 0.2) is 17.2 Å². The summed E-state index contributed by atoms with van der Waals surface area (Å²) in [6.45, 7) is 4.31. The third-order valence-corrected chi connectivity index (χ3v) is 7.21. The molecule has 0 radical (unpaired) electrons. The minimum absolute atomic E-state index is 0.0692. The van der Waals surface area contributed by atoms with E-state index in [-0.39, 0.29) is 23.1 Å². The number of amides is 1. The molecule has 2 atom stereocenters. The third-order valence-electron chi connectivity index (χ3n) is 7.21. The number of aromatic nitrogens is 1. The van der Waals surface area contributed by atoms with E-state index >= 15 is 0 Å². The summed E-state index contributed by atoms with van der Waals surface area (Å²) in [5.74, 6) is -3.05. The van der Waals surface area contributed by atoms with Crippen LogP contribution in [0, 0.1) is 17.6 Å². The van der Waals surface area contributed by atoms with Gasteiger partial charge in [-0.3, -0.25) is 9.59 Å². The highest BCUT2D eigenvalue weighted by molar-refractivity contribution is 5.98. The van der Waals surface area contributed by atoms with Crippen molar-refractivity contribution in [1.29, 1.82) is 0 Å². The van der Waals surface area contributed by atoms with E-state index in [2.05, 4.69) is 10.3 Å². The van der Waals surface area contributed by atoms with E-state index in [9.17, 15) is 23.2 Å². The largest absolute Gasteiger partial charge is 0.493 e. The Morgan fingerprint density at radius 1 is 0.952 bits per heavy atom. The van der Waals surface area contributed by atoms with E-state index < -0.39 is 53.8 Å². The molecular weight excluding hydrogens is 550 g/mol. The van der Waals surface area contributed by atoms with Crippen molar-refractivity contribution in [2.75, 3.05) is 13.9 Å². The molecule has 0 spiro atoms. The van der Waals surface area contributed by atoms with Crippen molar-refractivity contribution in [3.05, 3.63) is 89.2 Å². The zero-order chi connectivity index (χ0) is 30.4. The lowest BCUT2D eigenvalue weighted by Gasteiger charge is -2.49. The van der Waals surface area contributed by atoms with E-state index in [1.807, 2.05) is 0 Å². The van der Waals surface area contributed by atoms with Crippen LogP contribution in [-0.2, 0) is 24.5 Å². The highest BCUT2D eigenvalue weighted by Gasteiger charge is 2.52. The number of ether oxygens (including phenoxy) is 4. The first-order valence-corrected chi connectivity index (χ1v) is 13.4. The molecular formula is C31H32F2N2O7. The first-order valence-electron chi connectivity index (χ1n) is 13.4. The van der Waals surface area contributed by atoms with Crippen LogP contribution in [0.5, 0.6) is 11.5 Å². The predicted molar refractivity (Wildman–Crippen MR) is 147 cm³/mol. The minimum atomic E-state index is -1.10. The molecule has 2 aromatic carbocycles. The molecule has 2 unspecified atom stereocenters. The zero-order valence-electron chi connectivity index (χ0n) is 23.7. The Morgan fingerprint density at radius 3 is 2.05 bits per heavy atom. The lowest BCUT2D eigenvalue weighted by atomic mass is 9.58. The van der Waals surface area contributed by atoms with Crippen molar-refractivity contribution in [1.82, 2.24) is 10.3 Å². The molecule has 0 saturated heterocycles. The summed E-state index contributed by atoms with van der Waals surface area (Å²) in [6.07, 6.45) is 1.77. The molecule has 3 aromatic rings. The second-order valence-corrected chi connectivity index (χ2v) is 10.2. The molecule has 4 rings (SSSR count). The second kappa shape index (κ2) is 13.0. The number of esters is 2. The van der Waals surface area contributed by atoms with Crippen LogP contribution in [0.15, 0.2) is 60.8 Å². The number of methoxy groups -OCH3 is 1. The number of hydrogen-bond acceptors (Lipinski definition) is 8. The van der Waals surface area contributed by atoms with Crippen molar-refractivity contribution in [3.63, 3.8) is 0 Å². The number of carbonyl (C=O) groups is 3. The molecule has 42 heavy (non-hydrogen) atoms. The number of pyridine rings is 1. The molecule has 0 aliphatic heterocycles. The Kier molecular flexibility index (Phi) is 9.39. The second-order valence-electron chi connectivity index (χ2n) is 10.2. The number of benzene rings is 2. The average Bonchev–Trinajstić information content (AvgIpc) is 2.97. The van der Waals surface area contributed by atoms with Crippen LogP contribution >= 0.6 is 0 Å². The molecule has 11 heteroatoms. The molecule has 222 valence electrons. The van der Waals surface area contributed by atoms with Gasteiger partial charge in [0.25, 0.3) is 5.91 Å². The maximum Gasteiger partial charge on any atom is 0.328 e. The van der Waals surface area contributed by atoms with E-state index in [1.54, 1.807) is 38.1 Å². The van der Waals surface area contributed by atoms with Gasteiger partial charge in [-0.15, -0.1) is 0 Å². The fourth-order valence-electron chi connectivity index (χ4n) is 4.80. The van der Waals surface area contributed by atoms with Crippen LogP contribution in [0.25, 0.3) is 0 Å². The van der Waals surface area contributed by atoms with Gasteiger partial charge in [0, 0.05) is 12.3 Å². The number of hydrogen-bond donors (Lipinski definition) is 1. The lowest BCUT2D eigenvalue weighted by Crippen LogP contribution is -2.54. The molecule has 1 amide bonds. The van der Waals surface area contributed by atoms with E-state index in [0.29, 0.717) is 12.8 Å². The standard InChI is InChI=1S/C31H32F2N2O7/c1-18(2)29(37)41-17-40-27-24(39-4)14-16-34-26(27)28(36)35-19(3)30(38)42-25-13-15-31(25,20-5-9-22(32)10-6-20)21-7-11-23(33)12-8-21/h5-12,14,16,18-19,25H,13,15,17H2,1-4H3,(H,35,36). The van der Waals surface area contributed by atoms with E-state index in [1.165, 1.54) is 50.6 Å². The van der Waals surface area contributed by atoms with Crippen molar-refractivity contribution in [2.24, 2.45) is 5.92 Å². The third kappa shape index (κ3) is 6.35. The normalized spacial score (nSPS) is 16.1. The maximum atomic E-state index is 13.7. The van der Waals surface area contributed by atoms with Gasteiger partial charge in [-0.05, 0) is 55.2 Å². The number of rotatable bonds is 11. The summed E-state index contributed by atoms with van der Waals surface area (Å²) in [4.78, 5) is 42.2. The van der Waals surface area contributed by atoms with Gasteiger partial charge in [0.1, 0.15) is 23.8 Å². The van der Waals surface area contributed by atoms with Crippen LogP contribution in [0.4, 0.5) is 8.78 Å². The van der Waals surface area contributed by atoms with Crippen LogP contribution in [0.3, 0.4) is 0 Å². The molecule has 1 N–H and O–H groups in total. The molecule has 1 fully saturated rings. The summed E-state index contributed by atoms with van der Waals surface area (Å²) in [5.41, 5.74) is 0.433. The van der Waals surface area contributed by atoms with Crippen LogP contribution in [0.2, 0.25) is 0 Å². The maximum absolute atomic E-state index is 13.7. The monoisotopic (exact) mass is 582 g/mol. The fraction of sp³-hybridized carbons (Fsp3) is 0.355. The van der Waals surface area contributed by atoms with Crippen molar-refractivity contribution < 1.29 is 42.1 Å². The first kappa shape index (κ1) is 30.4. The van der Waals surface area contributed by atoms with Gasteiger partial charge in [-0.25, -0.2) is 18.6 Å². The van der Waals surface area contributed by atoms with Crippen molar-refractivity contribution >= 4 is 17.8 Å². The number of nitrogens with zero attached hydrogens (tertiary/aromatic N) is 1. The lowest BCUT2D eigenvalue weighted by molar-refractivity contribution is -0.160. The van der Waals surface area contributed by atoms with Crippen molar-refractivity contribution in [3.8, 4) is 11.5 Å². The quantitative estimate of drug-likeness (QED) is 0.256. The molecule has 0 bridgehead atoms. The molecule has 1 aliphatic rings. The molecule has 1 aromatic heterocycles. The van der Waals surface area contributed by atoms with Crippen LogP contribution in [0.1, 0.15) is 55.2 Å². The molecule has 1 aliphatic carbocycles. The number of halogens is 2. The van der Waals surface area contributed by atoms with E-state index in [0.717, 1.165) is 11.1 Å². The fourth-order valence-corrected chi connectivity index (χ4v) is 4.80. The van der Waals surface area contributed by atoms with Gasteiger partial charge in [0.2, 0.25) is 6.79 Å². The first-order chi connectivity index (χ1) is 20.1. The number of nitrogens with one attached hydrogen (secondary N) is 1. The SMILES string of the molecule is COc1ccnc(C(=O)NC(C)C(=O)OC2CCC2(c2ccc(F)cc2)c2ccc(F)cc2)c1OCOC(=O)C(C)C. The molecule has 9 nitrogen and oxygen atoms in total. The van der Waals surface area contributed by atoms with Gasteiger partial charge < -0.3 is 24.3 Å². The topological polar surface area (TPSA) is 113 Å². The van der Waals surface area contributed by atoms with Gasteiger partial charge in [-0.1, -0.05) is 38.1 Å². The zero-order valence-corrected chi connectivity index (χ0v) is 23.7. The molecule has 1 saturated carbocycles. The minimum Gasteiger partial charge on any atom is -0.493 e. The number of carbonyl (C=O) groups excluding carboxylic acids is 3. The Hall–Kier alpha value is -4.54. The predicted octanol–water partition coefficient (Wildman–Crippen LogP) is 4.71. The Morgan fingerprint density at radius 2 is 1.55 bits per heavy atom. The summed E-state index contributed by atoms with van der Waals surface area (Å²) >= 11 is 0. The summed E-state index contributed by atoms with van der Waals surface area (Å²) in [7, 11) is 1.37. The Bertz CT molecular complexity index is 1380. The summed E-state index contributed by atoms with van der Waals surface area (Å²) in [5, 5.41) is 2.56. The van der Waals surface area contributed by atoms with E-state index in [4.69, 9.17) is 18.9 Å². The molecule has 1 heterocycles. The Balaban J connectivity index is 1.49. The van der Waals surface area contributed by atoms with Crippen LogP contribution in [-0.4, -0.2) is 48.9 Å². The average molecular weight is 583 g/mol. The summed E-state index contributed by atoms with van der Waals surface area (Å²) < 4.78 is 49.1. The highest BCUT2D eigenvalue weighted by atomic mass is 19.1.